The van der Waals surface area contributed by atoms with Crippen LogP contribution >= 0.6 is 11.8 Å². The summed E-state index contributed by atoms with van der Waals surface area (Å²) in [6.45, 7) is 51.3. The average molecular weight is 2130 g/mol. The molecule has 0 saturated carbocycles. The van der Waals surface area contributed by atoms with E-state index in [1.54, 1.807) is 76.1 Å². The van der Waals surface area contributed by atoms with Gasteiger partial charge in [-0.2, -0.15) is 11.8 Å². The highest BCUT2D eigenvalue weighted by Gasteiger charge is 2.20. The van der Waals surface area contributed by atoms with Crippen molar-refractivity contribution in [3.8, 4) is 0 Å². The molecule has 880 valence electrons. The quantitative estimate of drug-likeness (QED) is 0.0587. The zero-order valence-corrected chi connectivity index (χ0v) is 73.9. The van der Waals surface area contributed by atoms with Gasteiger partial charge >= 0.3 is 18.1 Å². The molecule has 0 unspecified atom stereocenters. The molecule has 0 saturated heterocycles. The summed E-state index contributed by atoms with van der Waals surface area (Å²) in [5, 5.41) is 21.1. The van der Waals surface area contributed by atoms with Crippen LogP contribution in [0, 0.1) is 10.8 Å². The molecule has 3 N–H and O–H groups in total. The SMILES string of the molecule is C.C.C.C.C.C.C.C.C.C.C.C.C.C.C.C.C.C.C.C.C.C.C.C.C.C.C.C.C.C.C.C.C.C.C=C.C=C.C=C.C=C.C=C.C=C.C=CO.CC(=N)N(C)C.CC(=N)N(C)C.CC(=O)N(C)C.CC(=O)N(C)C.CC(C)=O.CN(C)C.CN(C)S(C)(=O)=O.CN(C)S(C)(=O)=O.CN(S(C)(=O)=O)S(C)(=O)=O.COC(=O)OC.COC(C)=O.COC(C)=O.CS(C)(=O)=O.CS(C)=O.CSC. The number of amidine groups is 2. The lowest BCUT2D eigenvalue weighted by molar-refractivity contribution is -0.138. The second kappa shape index (κ2) is 300. The number of Topliss-reactive ketones (excluding diaryl/α,β-unsaturated/α-hetero) is 1. The first kappa shape index (κ1) is 400. The number of carbonyl (C=O) groups excluding carboxylic acids is 6. The van der Waals surface area contributed by atoms with Crippen LogP contribution in [0.5, 0.6) is 0 Å². The number of ketones is 1. The van der Waals surface area contributed by atoms with Crippen molar-refractivity contribution in [2.24, 2.45) is 0 Å². The van der Waals surface area contributed by atoms with Gasteiger partial charge in [-0.15, -0.1) is 78.9 Å². The summed E-state index contributed by atoms with van der Waals surface area (Å²) < 4.78 is 131. The maximum Gasteiger partial charge on any atom is 0.507 e. The standard InChI is InChI=1S/2C4H10N2.2C4H9NO.C3H9NO4S2.2C3H9NO2S.C3H9N.C3H6O3.2C3H6O2.C3H6O.C2H6O2S.C2H6OS.C2H4O.C2H6S.6C2H4.34CH4/c2*1-4(5)6(2)3;2*1-4(6)5(2)3;1-4(9(2,5)6)10(3,7)8;2*1-4(2)7(3,5)6;1-4(2)3;1-5-3(4)6-2;2*1-3(4)5-2;1-3(2)4;1-5(2,3)4;1-4(2)3;1-2-3;1-3-2;6*1-2;;;;;;;;;;;;;;;;;;;;;;;;;;;;;;;;;;/h2*5H,1-3H3;2*1-3H3;1-3H3;2*1-3H3;1-3H3;1-2H3;2*1-2H3;1-2H3;1-2H3;1-2H3;2-3H,1H2;1-2H3;6*1-2H2;34*1H4. The van der Waals surface area contributed by atoms with Crippen LogP contribution in [0.25, 0.3) is 0 Å². The van der Waals surface area contributed by atoms with Crippen LogP contribution in [-0.2, 0) is 104 Å². The zero-order valence-electron chi connectivity index (χ0n) is 68.2. The molecule has 39 heteroatoms. The first-order valence-corrected chi connectivity index (χ1v) is 39.8. The summed E-state index contributed by atoms with van der Waals surface area (Å²) >= 11 is 1.75. The molecular formula is C94H280N10O22S7. The van der Waals surface area contributed by atoms with E-state index in [0.29, 0.717) is 15.4 Å². The van der Waals surface area contributed by atoms with E-state index in [1.807, 2.05) is 66.7 Å². The van der Waals surface area contributed by atoms with Gasteiger partial charge in [0.15, 0.2) is 0 Å². The Labute approximate surface area is 864 Å². The Morgan fingerprint density at radius 3 is 0.368 bits per heavy atom. The van der Waals surface area contributed by atoms with Crippen LogP contribution in [0.2, 0.25) is 0 Å². The molecule has 2 amide bonds. The highest BCUT2D eigenvalue weighted by atomic mass is 32.3. The number of aliphatic hydroxyl groups excluding tert-OH is 1. The fourth-order valence-corrected chi connectivity index (χ4v) is 2.30. The number of sulfone groups is 1. The van der Waals surface area contributed by atoms with E-state index in [-0.39, 0.29) is 282 Å². The normalized spacial score (nSPS) is 6.19. The fraction of sp³-hybridized carbons (Fsp3) is 0.766. The number of rotatable bonds is 4. The maximum atomic E-state index is 10.5. The van der Waals surface area contributed by atoms with Gasteiger partial charge in [0, 0.05) is 155 Å². The van der Waals surface area contributed by atoms with E-state index in [2.05, 4.69) is 104 Å². The predicted octanol–water partition coefficient (Wildman–Crippen LogP) is 28.4. The number of carbonyl (C=O) groups is 6. The van der Waals surface area contributed by atoms with Crippen molar-refractivity contribution in [3.63, 3.8) is 0 Å². The number of hydrogen-bond acceptors (Lipinski definition) is 26. The lowest BCUT2D eigenvalue weighted by Gasteiger charge is -2.09. The molecule has 0 bridgehead atoms. The molecule has 0 radical (unpaired) electrons. The van der Waals surface area contributed by atoms with E-state index < -0.39 is 66.9 Å². The van der Waals surface area contributed by atoms with Crippen LogP contribution < -0.4 is 0 Å². The third kappa shape index (κ3) is 1100. The first-order chi connectivity index (χ1) is 44.0. The Balaban J connectivity index is -0.00000000863. The third-order valence-corrected chi connectivity index (χ3v) is 11.9. The molecule has 0 atom stereocenters. The Hall–Kier alpha value is -6.17. The highest BCUT2D eigenvalue weighted by Crippen LogP contribution is 1.98. The first-order valence-electron chi connectivity index (χ1n) is 26.5. The molecule has 0 aliphatic carbocycles. The minimum Gasteiger partial charge on any atom is -0.516 e. The van der Waals surface area contributed by atoms with Gasteiger partial charge in [-0.05, 0) is 61.3 Å². The predicted molar refractivity (Wildman–Crippen MR) is 658 cm³/mol. The van der Waals surface area contributed by atoms with Crippen molar-refractivity contribution in [1.82, 2.24) is 36.8 Å². The Morgan fingerprint density at radius 2 is 0.368 bits per heavy atom. The second-order valence-corrected chi connectivity index (χ2v) is 30.8. The summed E-state index contributed by atoms with van der Waals surface area (Å²) in [6, 6.07) is 0. The maximum absolute atomic E-state index is 10.5. The van der Waals surface area contributed by atoms with Gasteiger partial charge in [0.05, 0.1) is 71.4 Å². The van der Waals surface area contributed by atoms with Crippen molar-refractivity contribution < 1.29 is 99.1 Å². The number of ether oxygens (including phenoxy) is 4. The van der Waals surface area contributed by atoms with Crippen LogP contribution in [0.1, 0.15) is 308 Å². The fourth-order valence-electron chi connectivity index (χ4n) is 0.329. The van der Waals surface area contributed by atoms with Crippen LogP contribution in [0.4, 0.5) is 4.79 Å². The molecule has 0 fully saturated rings. The number of hydrogen-bond donors (Lipinski definition) is 3. The number of methoxy groups -OCH3 is 4. The zero-order chi connectivity index (χ0) is 87.6. The number of amides is 2. The Kier molecular flexibility index (Phi) is 903. The topological polar surface area (TPSA) is 421 Å². The van der Waals surface area contributed by atoms with E-state index in [4.69, 9.17) is 15.9 Å². The summed E-state index contributed by atoms with van der Waals surface area (Å²) in [6.07, 6.45) is 13.7. The molecule has 0 aliphatic rings. The van der Waals surface area contributed by atoms with Crippen LogP contribution in [0.3, 0.4) is 0 Å². The average Bonchev–Trinajstić information content (AvgIpc) is 0.854. The molecule has 0 heterocycles. The Bertz CT molecular complexity index is 2250. The molecule has 0 spiro atoms. The van der Waals surface area contributed by atoms with E-state index in [0.717, 1.165) is 59.5 Å². The number of esters is 2. The van der Waals surface area contributed by atoms with Gasteiger partial charge in [0.1, 0.15) is 15.6 Å². The summed E-state index contributed by atoms with van der Waals surface area (Å²) in [5.41, 5.74) is 0. The van der Waals surface area contributed by atoms with E-state index >= 15 is 0 Å². The lowest BCUT2D eigenvalue weighted by atomic mass is 10.6. The van der Waals surface area contributed by atoms with Crippen molar-refractivity contribution in [2.45, 2.75) is 308 Å². The largest absolute Gasteiger partial charge is 0.516 e. The van der Waals surface area contributed by atoms with Gasteiger partial charge in [0.25, 0.3) is 0 Å². The van der Waals surface area contributed by atoms with Crippen molar-refractivity contribution in [3.05, 3.63) is 91.8 Å². The molecule has 0 aliphatic heterocycles. The number of aliphatic hydroxyl groups is 1. The molecule has 32 nitrogen and oxygen atoms in total. The van der Waals surface area contributed by atoms with E-state index in [9.17, 15) is 75.1 Å². The summed E-state index contributed by atoms with van der Waals surface area (Å²) in [4.78, 5) is 67.1. The Morgan fingerprint density at radius 1 is 0.308 bits per heavy atom. The highest BCUT2D eigenvalue weighted by molar-refractivity contribution is 8.03. The minimum atomic E-state index is -3.62. The van der Waals surface area contributed by atoms with Gasteiger partial charge in [0.2, 0.25) is 51.9 Å². The van der Waals surface area contributed by atoms with Gasteiger partial charge in [-0.25, -0.2) is 55.5 Å². The van der Waals surface area contributed by atoms with Crippen LogP contribution in [-0.4, -0.2) is 339 Å². The number of sulfonamides is 4. The third-order valence-electron chi connectivity index (χ3n) is 5.77. The molecule has 0 aromatic rings. The van der Waals surface area contributed by atoms with Gasteiger partial charge in [-0.1, -0.05) is 263 Å². The van der Waals surface area contributed by atoms with Crippen molar-refractivity contribution in [1.29, 1.82) is 10.8 Å². The molecule has 0 aromatic carbocycles. The smallest absolute Gasteiger partial charge is 0.507 e. The molecular weight excluding hydrogens is 1850 g/mol. The molecule has 0 aromatic heterocycles. The monoisotopic (exact) mass is 2130 g/mol. The number of nitrogens with zero attached hydrogens (tertiary/aromatic N) is 8. The minimum absolute atomic E-state index is 0. The summed E-state index contributed by atoms with van der Waals surface area (Å²) in [7, 11) is 16.2. The molecule has 133 heavy (non-hydrogen) atoms. The van der Waals surface area contributed by atoms with Crippen molar-refractivity contribution >= 4 is 120 Å². The second-order valence-electron chi connectivity index (χ2n) is 17.6. The van der Waals surface area contributed by atoms with Crippen molar-refractivity contribution in [2.75, 3.05) is 204 Å². The van der Waals surface area contributed by atoms with E-state index in [1.165, 1.54) is 108 Å². The van der Waals surface area contributed by atoms with Gasteiger partial charge in [-0.3, -0.25) is 34.2 Å². The van der Waals surface area contributed by atoms with Crippen LogP contribution in [0.15, 0.2) is 91.8 Å². The number of thioether (sulfide) groups is 1. The summed E-state index contributed by atoms with van der Waals surface area (Å²) in [5.74, 6) is 1.05. The number of nitrogens with one attached hydrogen (secondary N) is 2. The van der Waals surface area contributed by atoms with Gasteiger partial charge < -0.3 is 53.3 Å². The lowest BCUT2D eigenvalue weighted by Crippen LogP contribution is -2.31. The molecule has 0 rings (SSSR count).